The molecule has 2 N–H and O–H groups in total. The number of rotatable bonds is 0. The highest BCUT2D eigenvalue weighted by atomic mass is 32.1. The fourth-order valence-electron chi connectivity index (χ4n) is 1.20. The van der Waals surface area contributed by atoms with Crippen LogP contribution in [0.4, 0.5) is 9.39 Å². The molecule has 0 aliphatic carbocycles. The van der Waals surface area contributed by atoms with Gasteiger partial charge in [0, 0.05) is 10.1 Å². The fraction of sp³-hybridized carbons (Fsp3) is 0. The van der Waals surface area contributed by atoms with Crippen molar-refractivity contribution < 1.29 is 4.39 Å². The maximum Gasteiger partial charge on any atom is 0.123 e. The first-order chi connectivity index (χ1) is 6.22. The maximum atomic E-state index is 12.8. The third-order valence-electron chi connectivity index (χ3n) is 1.79. The van der Waals surface area contributed by atoms with Gasteiger partial charge in [0.15, 0.2) is 0 Å². The highest BCUT2D eigenvalue weighted by Gasteiger charge is 2.09. The minimum atomic E-state index is -0.346. The van der Waals surface area contributed by atoms with Crippen LogP contribution in [-0.2, 0) is 0 Å². The van der Waals surface area contributed by atoms with E-state index in [1.54, 1.807) is 6.07 Å². The van der Waals surface area contributed by atoms with E-state index in [0.29, 0.717) is 16.0 Å². The second-order valence-electron chi connectivity index (χ2n) is 2.59. The molecule has 1 heterocycles. The molecule has 0 amide bonds. The second-order valence-corrected chi connectivity index (χ2v) is 3.68. The molecule has 0 bridgehead atoms. The summed E-state index contributed by atoms with van der Waals surface area (Å²) in [5.41, 5.74) is 5.96. The molecule has 13 heavy (non-hydrogen) atoms. The van der Waals surface area contributed by atoms with E-state index in [-0.39, 0.29) is 5.82 Å². The molecule has 64 valence electrons. The van der Waals surface area contributed by atoms with Crippen molar-refractivity contribution in [3.8, 4) is 6.07 Å². The van der Waals surface area contributed by atoms with E-state index >= 15 is 0 Å². The van der Waals surface area contributed by atoms with Crippen molar-refractivity contribution in [3.05, 3.63) is 29.6 Å². The zero-order valence-corrected chi connectivity index (χ0v) is 7.36. The van der Waals surface area contributed by atoms with E-state index in [4.69, 9.17) is 11.0 Å². The number of nitrogens with two attached hydrogens (primary N) is 1. The maximum absolute atomic E-state index is 12.8. The van der Waals surface area contributed by atoms with Gasteiger partial charge in [0.1, 0.15) is 16.9 Å². The van der Waals surface area contributed by atoms with Crippen molar-refractivity contribution in [2.24, 2.45) is 0 Å². The van der Waals surface area contributed by atoms with Gasteiger partial charge in [-0.25, -0.2) is 4.39 Å². The lowest BCUT2D eigenvalue weighted by atomic mass is 10.2. The van der Waals surface area contributed by atoms with Gasteiger partial charge in [0.05, 0.1) is 5.56 Å². The summed E-state index contributed by atoms with van der Waals surface area (Å²) in [6.45, 7) is 0. The number of nitrogens with zero attached hydrogens (tertiary/aromatic N) is 1. The Bertz CT molecular complexity index is 510. The zero-order valence-electron chi connectivity index (χ0n) is 6.54. The molecule has 0 aliphatic heterocycles. The number of fused-ring (bicyclic) bond motifs is 1. The summed E-state index contributed by atoms with van der Waals surface area (Å²) in [5.74, 6) is -0.346. The number of halogens is 1. The van der Waals surface area contributed by atoms with E-state index in [2.05, 4.69) is 0 Å². The van der Waals surface area contributed by atoms with Crippen LogP contribution in [0, 0.1) is 17.1 Å². The van der Waals surface area contributed by atoms with Crippen LogP contribution in [0.1, 0.15) is 5.56 Å². The van der Waals surface area contributed by atoms with Crippen molar-refractivity contribution in [1.29, 1.82) is 5.26 Å². The van der Waals surface area contributed by atoms with Gasteiger partial charge in [0.25, 0.3) is 0 Å². The van der Waals surface area contributed by atoms with Gasteiger partial charge in [-0.3, -0.25) is 0 Å². The van der Waals surface area contributed by atoms with E-state index in [0.717, 1.165) is 4.70 Å². The van der Waals surface area contributed by atoms with Crippen molar-refractivity contribution in [2.75, 3.05) is 5.73 Å². The Labute approximate surface area is 78.0 Å². The van der Waals surface area contributed by atoms with E-state index in [1.807, 2.05) is 6.07 Å². The van der Waals surface area contributed by atoms with Gasteiger partial charge in [-0.2, -0.15) is 5.26 Å². The third-order valence-corrected chi connectivity index (χ3v) is 2.79. The van der Waals surface area contributed by atoms with Crippen LogP contribution in [0.25, 0.3) is 10.1 Å². The molecule has 0 spiro atoms. The minimum Gasteiger partial charge on any atom is -0.389 e. The molecule has 2 nitrogen and oxygen atoms in total. The Morgan fingerprint density at radius 1 is 1.46 bits per heavy atom. The average Bonchev–Trinajstić information content (AvgIpc) is 2.40. The lowest BCUT2D eigenvalue weighted by molar-refractivity contribution is 0.630. The number of anilines is 1. The standard InChI is InChI=1S/C9H5FN2S/c10-5-1-2-8-6(3-5)7(4-11)9(12)13-8/h1-3H,12H2. The first kappa shape index (κ1) is 8.02. The largest absolute Gasteiger partial charge is 0.389 e. The van der Waals surface area contributed by atoms with Crippen LogP contribution in [-0.4, -0.2) is 0 Å². The molecule has 0 radical (unpaired) electrons. The molecular formula is C9H5FN2S. The van der Waals surface area contributed by atoms with Gasteiger partial charge < -0.3 is 5.73 Å². The summed E-state index contributed by atoms with van der Waals surface area (Å²) in [4.78, 5) is 0. The zero-order chi connectivity index (χ0) is 9.42. The summed E-state index contributed by atoms with van der Waals surface area (Å²) in [6.07, 6.45) is 0. The molecule has 2 aromatic rings. The number of nitriles is 1. The molecule has 0 saturated heterocycles. The minimum absolute atomic E-state index is 0.346. The van der Waals surface area contributed by atoms with Crippen molar-refractivity contribution in [2.45, 2.75) is 0 Å². The van der Waals surface area contributed by atoms with Crippen LogP contribution >= 0.6 is 11.3 Å². The van der Waals surface area contributed by atoms with E-state index < -0.39 is 0 Å². The normalized spacial score (nSPS) is 10.2. The van der Waals surface area contributed by atoms with Crippen molar-refractivity contribution in [1.82, 2.24) is 0 Å². The summed E-state index contributed by atoms with van der Waals surface area (Å²) < 4.78 is 13.7. The first-order valence-corrected chi connectivity index (χ1v) is 4.41. The fourth-order valence-corrected chi connectivity index (χ4v) is 2.11. The molecule has 0 aliphatic rings. The van der Waals surface area contributed by atoms with Gasteiger partial charge >= 0.3 is 0 Å². The predicted molar refractivity (Wildman–Crippen MR) is 50.9 cm³/mol. The molecule has 1 aromatic carbocycles. The molecule has 0 atom stereocenters. The Hall–Kier alpha value is -1.60. The quantitative estimate of drug-likeness (QED) is 0.697. The topological polar surface area (TPSA) is 49.8 Å². The van der Waals surface area contributed by atoms with E-state index in [9.17, 15) is 4.39 Å². The summed E-state index contributed by atoms with van der Waals surface area (Å²) >= 11 is 1.30. The molecule has 0 unspecified atom stereocenters. The lowest BCUT2D eigenvalue weighted by Gasteiger charge is -1.89. The second kappa shape index (κ2) is 2.71. The molecule has 4 heteroatoms. The summed E-state index contributed by atoms with van der Waals surface area (Å²) in [5, 5.41) is 9.80. The first-order valence-electron chi connectivity index (χ1n) is 3.60. The van der Waals surface area contributed by atoms with Gasteiger partial charge in [-0.1, -0.05) is 0 Å². The number of nitrogen functional groups attached to an aromatic ring is 1. The number of thiophene rings is 1. The van der Waals surface area contributed by atoms with E-state index in [1.165, 1.54) is 23.5 Å². The van der Waals surface area contributed by atoms with Gasteiger partial charge in [-0.05, 0) is 18.2 Å². The smallest absolute Gasteiger partial charge is 0.123 e. The monoisotopic (exact) mass is 192 g/mol. The van der Waals surface area contributed by atoms with Crippen LogP contribution in [0.2, 0.25) is 0 Å². The average molecular weight is 192 g/mol. The highest BCUT2D eigenvalue weighted by molar-refractivity contribution is 7.23. The molecule has 0 saturated carbocycles. The number of hydrogen-bond acceptors (Lipinski definition) is 3. The van der Waals surface area contributed by atoms with Gasteiger partial charge in [0.2, 0.25) is 0 Å². The van der Waals surface area contributed by atoms with Crippen LogP contribution in [0.5, 0.6) is 0 Å². The Morgan fingerprint density at radius 3 is 2.92 bits per heavy atom. The number of benzene rings is 1. The predicted octanol–water partition coefficient (Wildman–Crippen LogP) is 2.49. The molecular weight excluding hydrogens is 187 g/mol. The summed E-state index contributed by atoms with van der Waals surface area (Å²) in [6, 6.07) is 6.29. The molecule has 2 rings (SSSR count). The van der Waals surface area contributed by atoms with Crippen LogP contribution in [0.15, 0.2) is 18.2 Å². The van der Waals surface area contributed by atoms with Crippen LogP contribution in [0.3, 0.4) is 0 Å². The summed E-state index contributed by atoms with van der Waals surface area (Å²) in [7, 11) is 0. The lowest BCUT2D eigenvalue weighted by Crippen LogP contribution is -1.82. The SMILES string of the molecule is N#Cc1c(N)sc2ccc(F)cc12. The Morgan fingerprint density at radius 2 is 2.23 bits per heavy atom. The van der Waals surface area contributed by atoms with Crippen molar-refractivity contribution in [3.63, 3.8) is 0 Å². The van der Waals surface area contributed by atoms with Crippen LogP contribution < -0.4 is 5.73 Å². The van der Waals surface area contributed by atoms with Crippen molar-refractivity contribution >= 4 is 26.4 Å². The Balaban J connectivity index is 2.91. The Kier molecular flexibility index (Phi) is 1.67. The molecule has 1 aromatic heterocycles. The third kappa shape index (κ3) is 1.14. The number of hydrogen-bond donors (Lipinski definition) is 1. The highest BCUT2D eigenvalue weighted by Crippen LogP contribution is 2.32. The van der Waals surface area contributed by atoms with Gasteiger partial charge in [-0.15, -0.1) is 11.3 Å². The molecule has 0 fully saturated rings.